The van der Waals surface area contributed by atoms with E-state index in [1.54, 1.807) is 0 Å². The van der Waals surface area contributed by atoms with Gasteiger partial charge in [-0.3, -0.25) is 4.79 Å². The lowest BCUT2D eigenvalue weighted by atomic mass is 10.0. The third kappa shape index (κ3) is 5.19. The number of ether oxygens (including phenoxy) is 1. The standard InChI is InChI=1S/C10H21NO3/c1-4-5-8(2)14-7-6-10(3,11)9(12)13/h8H,4-7,11H2,1-3H3,(H,12,13). The predicted octanol–water partition coefficient (Wildman–Crippen LogP) is 1.38. The minimum Gasteiger partial charge on any atom is -0.480 e. The first kappa shape index (κ1) is 13.4. The highest BCUT2D eigenvalue weighted by Gasteiger charge is 2.27. The molecule has 0 amide bonds. The Morgan fingerprint density at radius 2 is 2.21 bits per heavy atom. The fourth-order valence-electron chi connectivity index (χ4n) is 1.07. The van der Waals surface area contributed by atoms with E-state index >= 15 is 0 Å². The van der Waals surface area contributed by atoms with Crippen molar-refractivity contribution in [1.82, 2.24) is 0 Å². The summed E-state index contributed by atoms with van der Waals surface area (Å²) in [4.78, 5) is 10.6. The van der Waals surface area contributed by atoms with Crippen LogP contribution in [0.25, 0.3) is 0 Å². The highest BCUT2D eigenvalue weighted by molar-refractivity contribution is 5.77. The summed E-state index contributed by atoms with van der Waals surface area (Å²) in [5.74, 6) is -0.982. The molecule has 0 radical (unpaired) electrons. The number of carbonyl (C=O) groups is 1. The molecule has 0 heterocycles. The Bertz CT molecular complexity index is 180. The van der Waals surface area contributed by atoms with Gasteiger partial charge in [0.25, 0.3) is 0 Å². The first-order valence-electron chi connectivity index (χ1n) is 5.04. The highest BCUT2D eigenvalue weighted by Crippen LogP contribution is 2.08. The lowest BCUT2D eigenvalue weighted by molar-refractivity contribution is -0.143. The molecule has 4 heteroatoms. The number of aliphatic carboxylic acids is 1. The van der Waals surface area contributed by atoms with Crippen LogP contribution in [0.3, 0.4) is 0 Å². The number of carboxylic acids is 1. The van der Waals surface area contributed by atoms with Crippen LogP contribution in [0.1, 0.15) is 40.0 Å². The summed E-state index contributed by atoms with van der Waals surface area (Å²) in [5, 5.41) is 8.73. The molecule has 4 nitrogen and oxygen atoms in total. The maximum absolute atomic E-state index is 10.6. The van der Waals surface area contributed by atoms with Crippen molar-refractivity contribution in [3.05, 3.63) is 0 Å². The van der Waals surface area contributed by atoms with E-state index in [0.717, 1.165) is 12.8 Å². The third-order valence-electron chi connectivity index (χ3n) is 2.21. The van der Waals surface area contributed by atoms with Gasteiger partial charge in [-0.25, -0.2) is 0 Å². The molecule has 3 N–H and O–H groups in total. The lowest BCUT2D eigenvalue weighted by Gasteiger charge is -2.20. The first-order valence-corrected chi connectivity index (χ1v) is 5.04. The van der Waals surface area contributed by atoms with Crippen molar-refractivity contribution in [1.29, 1.82) is 0 Å². The topological polar surface area (TPSA) is 72.5 Å². The number of rotatable bonds is 7. The fourth-order valence-corrected chi connectivity index (χ4v) is 1.07. The van der Waals surface area contributed by atoms with E-state index in [2.05, 4.69) is 6.92 Å². The fraction of sp³-hybridized carbons (Fsp3) is 0.900. The zero-order valence-electron chi connectivity index (χ0n) is 9.25. The molecule has 0 saturated carbocycles. The lowest BCUT2D eigenvalue weighted by Crippen LogP contribution is -2.45. The van der Waals surface area contributed by atoms with Gasteiger partial charge in [0.15, 0.2) is 0 Å². The normalized spacial score (nSPS) is 17.4. The molecule has 0 saturated heterocycles. The maximum Gasteiger partial charge on any atom is 0.323 e. The molecule has 0 aliphatic heterocycles. The van der Waals surface area contributed by atoms with Crippen LogP contribution in [0, 0.1) is 0 Å². The second-order valence-corrected chi connectivity index (χ2v) is 3.94. The summed E-state index contributed by atoms with van der Waals surface area (Å²) in [6, 6.07) is 0. The van der Waals surface area contributed by atoms with Crippen LogP contribution in [0.4, 0.5) is 0 Å². The average Bonchev–Trinajstić information content (AvgIpc) is 2.04. The van der Waals surface area contributed by atoms with Crippen molar-refractivity contribution in [3.8, 4) is 0 Å². The number of nitrogens with two attached hydrogens (primary N) is 1. The zero-order chi connectivity index (χ0) is 11.2. The quantitative estimate of drug-likeness (QED) is 0.655. The van der Waals surface area contributed by atoms with Crippen LogP contribution in [-0.4, -0.2) is 29.3 Å². The van der Waals surface area contributed by atoms with E-state index in [1.807, 2.05) is 6.92 Å². The SMILES string of the molecule is CCCC(C)OCCC(C)(N)C(=O)O. The average molecular weight is 203 g/mol. The molecule has 0 fully saturated rings. The van der Waals surface area contributed by atoms with Gasteiger partial charge >= 0.3 is 5.97 Å². The van der Waals surface area contributed by atoms with Crippen molar-refractivity contribution in [3.63, 3.8) is 0 Å². The van der Waals surface area contributed by atoms with Crippen molar-refractivity contribution in [2.45, 2.75) is 51.7 Å². The van der Waals surface area contributed by atoms with Gasteiger partial charge in [0, 0.05) is 6.61 Å². The van der Waals surface area contributed by atoms with Crippen LogP contribution in [0.15, 0.2) is 0 Å². The van der Waals surface area contributed by atoms with E-state index in [1.165, 1.54) is 6.92 Å². The predicted molar refractivity (Wildman–Crippen MR) is 55.2 cm³/mol. The van der Waals surface area contributed by atoms with Gasteiger partial charge in [0.2, 0.25) is 0 Å². The minimum atomic E-state index is -1.17. The summed E-state index contributed by atoms with van der Waals surface area (Å²) in [7, 11) is 0. The summed E-state index contributed by atoms with van der Waals surface area (Å²) < 4.78 is 5.43. The zero-order valence-corrected chi connectivity index (χ0v) is 9.25. The second-order valence-electron chi connectivity index (χ2n) is 3.94. The monoisotopic (exact) mass is 203 g/mol. The van der Waals surface area contributed by atoms with Crippen LogP contribution in [0.2, 0.25) is 0 Å². The summed E-state index contributed by atoms with van der Waals surface area (Å²) in [5.41, 5.74) is 4.37. The summed E-state index contributed by atoms with van der Waals surface area (Å²) in [6.07, 6.45) is 2.59. The van der Waals surface area contributed by atoms with Crippen LogP contribution in [0.5, 0.6) is 0 Å². The Balaban J connectivity index is 3.68. The number of hydrogen-bond acceptors (Lipinski definition) is 3. The Kier molecular flexibility index (Phi) is 5.72. The largest absolute Gasteiger partial charge is 0.480 e. The van der Waals surface area contributed by atoms with E-state index in [0.29, 0.717) is 13.0 Å². The van der Waals surface area contributed by atoms with E-state index in [4.69, 9.17) is 15.6 Å². The first-order chi connectivity index (χ1) is 6.40. The van der Waals surface area contributed by atoms with Crippen molar-refractivity contribution < 1.29 is 14.6 Å². The molecule has 14 heavy (non-hydrogen) atoms. The van der Waals surface area contributed by atoms with Crippen molar-refractivity contribution >= 4 is 5.97 Å². The van der Waals surface area contributed by atoms with Gasteiger partial charge in [-0.2, -0.15) is 0 Å². The van der Waals surface area contributed by atoms with Gasteiger partial charge in [-0.1, -0.05) is 13.3 Å². The second kappa shape index (κ2) is 5.98. The van der Waals surface area contributed by atoms with Gasteiger partial charge in [-0.05, 0) is 26.7 Å². The molecule has 0 spiro atoms. The van der Waals surface area contributed by atoms with E-state index in [-0.39, 0.29) is 6.10 Å². The van der Waals surface area contributed by atoms with Gasteiger partial charge in [0.1, 0.15) is 5.54 Å². The molecular weight excluding hydrogens is 182 g/mol. The summed E-state index contributed by atoms with van der Waals surface area (Å²) >= 11 is 0. The Morgan fingerprint density at radius 1 is 1.64 bits per heavy atom. The van der Waals surface area contributed by atoms with Crippen LogP contribution in [-0.2, 0) is 9.53 Å². The molecule has 2 unspecified atom stereocenters. The molecule has 0 aromatic carbocycles. The molecule has 0 bridgehead atoms. The third-order valence-corrected chi connectivity index (χ3v) is 2.21. The van der Waals surface area contributed by atoms with Crippen molar-refractivity contribution in [2.75, 3.05) is 6.61 Å². The van der Waals surface area contributed by atoms with Crippen LogP contribution < -0.4 is 5.73 Å². The van der Waals surface area contributed by atoms with Gasteiger partial charge in [-0.15, -0.1) is 0 Å². The molecule has 0 rings (SSSR count). The number of carboxylic acid groups (broad SMARTS) is 1. The van der Waals surface area contributed by atoms with Crippen molar-refractivity contribution in [2.24, 2.45) is 5.73 Å². The van der Waals surface area contributed by atoms with Gasteiger partial charge in [0.05, 0.1) is 6.10 Å². The summed E-state index contributed by atoms with van der Waals surface area (Å²) in [6.45, 7) is 5.98. The molecule has 84 valence electrons. The molecule has 0 aromatic heterocycles. The Morgan fingerprint density at radius 3 is 2.64 bits per heavy atom. The van der Waals surface area contributed by atoms with Gasteiger partial charge < -0.3 is 15.6 Å². The smallest absolute Gasteiger partial charge is 0.323 e. The maximum atomic E-state index is 10.6. The molecular formula is C10H21NO3. The molecule has 0 aliphatic carbocycles. The Hall–Kier alpha value is -0.610. The van der Waals surface area contributed by atoms with Crippen LogP contribution >= 0.6 is 0 Å². The minimum absolute atomic E-state index is 0.185. The molecule has 0 aliphatic rings. The highest BCUT2D eigenvalue weighted by atomic mass is 16.5. The molecule has 0 aromatic rings. The Labute approximate surface area is 85.4 Å². The number of hydrogen-bond donors (Lipinski definition) is 2. The van der Waals surface area contributed by atoms with E-state index < -0.39 is 11.5 Å². The molecule has 2 atom stereocenters. The van der Waals surface area contributed by atoms with E-state index in [9.17, 15) is 4.79 Å².